The Morgan fingerprint density at radius 2 is 2.19 bits per heavy atom. The van der Waals surface area contributed by atoms with E-state index in [0.717, 1.165) is 24.2 Å². The van der Waals surface area contributed by atoms with E-state index in [9.17, 15) is 10.1 Å². The molecule has 2 heterocycles. The minimum atomic E-state index is -0.289. The number of ether oxygens (including phenoxy) is 1. The zero-order chi connectivity index (χ0) is 14.8. The van der Waals surface area contributed by atoms with Crippen molar-refractivity contribution in [2.24, 2.45) is 0 Å². The average Bonchev–Trinajstić information content (AvgIpc) is 2.54. The molecule has 1 aliphatic rings. The van der Waals surface area contributed by atoms with Gasteiger partial charge in [-0.15, -0.1) is 0 Å². The summed E-state index contributed by atoms with van der Waals surface area (Å²) in [6.07, 6.45) is 0.744. The van der Waals surface area contributed by atoms with Crippen LogP contribution >= 0.6 is 0 Å². The molecule has 0 amide bonds. The fourth-order valence-corrected chi connectivity index (χ4v) is 2.71. The van der Waals surface area contributed by atoms with Crippen LogP contribution in [0.5, 0.6) is 5.75 Å². The Morgan fingerprint density at radius 3 is 2.95 bits per heavy atom. The molecule has 5 nitrogen and oxygen atoms in total. The Morgan fingerprint density at radius 1 is 1.38 bits per heavy atom. The summed E-state index contributed by atoms with van der Waals surface area (Å²) in [4.78, 5) is 12.6. The second-order valence-electron chi connectivity index (χ2n) is 4.88. The number of methoxy groups -OCH3 is 1. The van der Waals surface area contributed by atoms with Crippen LogP contribution in [0.1, 0.15) is 16.8 Å². The van der Waals surface area contributed by atoms with Gasteiger partial charge >= 0.3 is 0 Å². The normalized spacial score (nSPS) is 13.3. The zero-order valence-corrected chi connectivity index (χ0v) is 11.7. The first kappa shape index (κ1) is 13.4. The summed E-state index contributed by atoms with van der Waals surface area (Å²) in [5, 5.41) is 12.5. The zero-order valence-electron chi connectivity index (χ0n) is 11.7. The maximum Gasteiger partial charge on any atom is 0.273 e. The maximum atomic E-state index is 12.6. The fraction of sp³-hybridized carbons (Fsp3) is 0.250. The van der Waals surface area contributed by atoms with Crippen molar-refractivity contribution in [3.63, 3.8) is 0 Å². The van der Waals surface area contributed by atoms with Gasteiger partial charge in [0.25, 0.3) is 5.56 Å². The molecule has 2 aromatic rings. The van der Waals surface area contributed by atoms with Gasteiger partial charge in [-0.05, 0) is 23.8 Å². The van der Waals surface area contributed by atoms with Crippen LogP contribution in [-0.4, -0.2) is 18.2 Å². The summed E-state index contributed by atoms with van der Waals surface area (Å²) in [6.45, 7) is 1.48. The number of aromatic nitrogens is 1. The lowest BCUT2D eigenvalue weighted by atomic mass is 10.0. The van der Waals surface area contributed by atoms with Crippen molar-refractivity contribution in [3.05, 3.63) is 57.5 Å². The highest BCUT2D eigenvalue weighted by Gasteiger charge is 2.20. The molecule has 1 aromatic heterocycles. The lowest BCUT2D eigenvalue weighted by Crippen LogP contribution is -2.33. The topological polar surface area (TPSA) is 67.0 Å². The highest BCUT2D eigenvalue weighted by atomic mass is 16.5. The lowest BCUT2D eigenvalue weighted by Gasteiger charge is -2.23. The van der Waals surface area contributed by atoms with Gasteiger partial charge in [-0.25, -0.2) is 0 Å². The summed E-state index contributed by atoms with van der Waals surface area (Å²) in [5.41, 5.74) is 2.48. The van der Waals surface area contributed by atoms with Gasteiger partial charge in [-0.3, -0.25) is 9.36 Å². The van der Waals surface area contributed by atoms with E-state index in [0.29, 0.717) is 18.0 Å². The van der Waals surface area contributed by atoms with Crippen LogP contribution in [0.2, 0.25) is 0 Å². The highest BCUT2D eigenvalue weighted by Crippen LogP contribution is 2.25. The molecule has 1 aromatic carbocycles. The Hall–Kier alpha value is -2.58. The Bertz CT molecular complexity index is 787. The third-order valence-electron chi connectivity index (χ3n) is 3.69. The van der Waals surface area contributed by atoms with Crippen molar-refractivity contribution in [2.75, 3.05) is 13.7 Å². The van der Waals surface area contributed by atoms with Crippen LogP contribution in [0, 0.1) is 11.3 Å². The summed E-state index contributed by atoms with van der Waals surface area (Å²) in [7, 11) is 1.58. The van der Waals surface area contributed by atoms with Crippen LogP contribution in [0.3, 0.4) is 0 Å². The van der Waals surface area contributed by atoms with E-state index in [1.807, 2.05) is 30.3 Å². The van der Waals surface area contributed by atoms with E-state index in [-0.39, 0.29) is 11.1 Å². The van der Waals surface area contributed by atoms with Crippen molar-refractivity contribution in [1.82, 2.24) is 9.88 Å². The van der Waals surface area contributed by atoms with Gasteiger partial charge in [0, 0.05) is 25.2 Å². The Balaban J connectivity index is 2.36. The standard InChI is InChI=1S/C16H15N3O2/c1-21-15-5-3-2-4-14(15)19-13-6-7-18-10-12(13)8-11(9-17)16(19)20/h2-5,8,18H,6-7,10H2,1H3. The molecular formula is C16H15N3O2. The third-order valence-corrected chi connectivity index (χ3v) is 3.69. The van der Waals surface area contributed by atoms with Crippen LogP contribution in [0.25, 0.3) is 5.69 Å². The first-order valence-corrected chi connectivity index (χ1v) is 6.78. The first-order valence-electron chi connectivity index (χ1n) is 6.78. The molecular weight excluding hydrogens is 266 g/mol. The van der Waals surface area contributed by atoms with Gasteiger partial charge in [0.05, 0.1) is 12.8 Å². The third kappa shape index (κ3) is 2.20. The van der Waals surface area contributed by atoms with E-state index in [1.165, 1.54) is 0 Å². The smallest absolute Gasteiger partial charge is 0.273 e. The van der Waals surface area contributed by atoms with Gasteiger partial charge in [-0.2, -0.15) is 5.26 Å². The fourth-order valence-electron chi connectivity index (χ4n) is 2.71. The summed E-state index contributed by atoms with van der Waals surface area (Å²) >= 11 is 0. The van der Waals surface area contributed by atoms with Crippen molar-refractivity contribution >= 4 is 0 Å². The molecule has 0 spiro atoms. The number of nitriles is 1. The monoisotopic (exact) mass is 281 g/mol. The SMILES string of the molecule is COc1ccccc1-n1c2c(cc(C#N)c1=O)CNCC2. The molecule has 0 fully saturated rings. The molecule has 0 radical (unpaired) electrons. The second-order valence-corrected chi connectivity index (χ2v) is 4.88. The molecule has 21 heavy (non-hydrogen) atoms. The number of fused-ring (bicyclic) bond motifs is 1. The molecule has 1 aliphatic heterocycles. The molecule has 1 N–H and O–H groups in total. The summed E-state index contributed by atoms with van der Waals surface area (Å²) < 4.78 is 6.98. The number of hydrogen-bond acceptors (Lipinski definition) is 4. The molecule has 0 atom stereocenters. The van der Waals surface area contributed by atoms with Gasteiger partial charge in [0.15, 0.2) is 0 Å². The minimum absolute atomic E-state index is 0.156. The minimum Gasteiger partial charge on any atom is -0.495 e. The van der Waals surface area contributed by atoms with E-state index in [2.05, 4.69) is 5.32 Å². The van der Waals surface area contributed by atoms with Crippen LogP contribution in [0.15, 0.2) is 35.1 Å². The van der Waals surface area contributed by atoms with Crippen molar-refractivity contribution in [1.29, 1.82) is 5.26 Å². The highest BCUT2D eigenvalue weighted by molar-refractivity contribution is 5.50. The van der Waals surface area contributed by atoms with Crippen LogP contribution in [0.4, 0.5) is 0 Å². The van der Waals surface area contributed by atoms with Gasteiger partial charge < -0.3 is 10.1 Å². The van der Waals surface area contributed by atoms with E-state index >= 15 is 0 Å². The Labute approximate surface area is 122 Å². The first-order chi connectivity index (χ1) is 10.3. The molecule has 0 unspecified atom stereocenters. The molecule has 5 heteroatoms. The molecule has 0 aliphatic carbocycles. The van der Waals surface area contributed by atoms with E-state index < -0.39 is 0 Å². The molecule has 106 valence electrons. The van der Waals surface area contributed by atoms with Gasteiger partial charge in [-0.1, -0.05) is 12.1 Å². The van der Waals surface area contributed by atoms with Crippen LogP contribution in [-0.2, 0) is 13.0 Å². The van der Waals surface area contributed by atoms with Crippen molar-refractivity contribution in [3.8, 4) is 17.5 Å². The van der Waals surface area contributed by atoms with Crippen LogP contribution < -0.4 is 15.6 Å². The average molecular weight is 281 g/mol. The number of nitrogens with zero attached hydrogens (tertiary/aromatic N) is 2. The predicted molar refractivity (Wildman–Crippen MR) is 78.7 cm³/mol. The number of para-hydroxylation sites is 2. The van der Waals surface area contributed by atoms with Crippen molar-refractivity contribution in [2.45, 2.75) is 13.0 Å². The van der Waals surface area contributed by atoms with E-state index in [1.54, 1.807) is 17.7 Å². The van der Waals surface area contributed by atoms with Gasteiger partial charge in [0.1, 0.15) is 17.4 Å². The van der Waals surface area contributed by atoms with Gasteiger partial charge in [0.2, 0.25) is 0 Å². The second kappa shape index (κ2) is 5.43. The molecule has 0 bridgehead atoms. The molecule has 3 rings (SSSR count). The lowest BCUT2D eigenvalue weighted by molar-refractivity contribution is 0.412. The number of benzene rings is 1. The number of nitrogens with one attached hydrogen (secondary N) is 1. The summed E-state index contributed by atoms with van der Waals surface area (Å²) in [5.74, 6) is 0.621. The van der Waals surface area contributed by atoms with Crippen molar-refractivity contribution < 1.29 is 4.74 Å². The maximum absolute atomic E-state index is 12.6. The number of hydrogen-bond donors (Lipinski definition) is 1. The number of rotatable bonds is 2. The summed E-state index contributed by atoms with van der Waals surface area (Å²) in [6, 6.07) is 11.0. The molecule has 0 saturated carbocycles. The quantitative estimate of drug-likeness (QED) is 0.902. The largest absolute Gasteiger partial charge is 0.495 e. The predicted octanol–water partition coefficient (Wildman–Crippen LogP) is 1.36. The van der Waals surface area contributed by atoms with E-state index in [4.69, 9.17) is 4.74 Å². The number of pyridine rings is 1. The molecule has 0 saturated heterocycles. The Kier molecular flexibility index (Phi) is 3.46.